The van der Waals surface area contributed by atoms with Crippen LogP contribution >= 0.6 is 0 Å². The van der Waals surface area contributed by atoms with Gasteiger partial charge < -0.3 is 0 Å². The molecule has 0 N–H and O–H groups in total. The van der Waals surface area contributed by atoms with Gasteiger partial charge in [0.2, 0.25) is 0 Å². The first kappa shape index (κ1) is 15.7. The molecule has 0 fully saturated rings. The summed E-state index contributed by atoms with van der Waals surface area (Å²) in [6, 6.07) is 12.1. The minimum absolute atomic E-state index is 0.386. The van der Waals surface area contributed by atoms with Crippen molar-refractivity contribution in [2.24, 2.45) is 7.05 Å². The number of hydrogen-bond donors (Lipinski definition) is 0. The van der Waals surface area contributed by atoms with Crippen LogP contribution in [0, 0.1) is 13.8 Å². The van der Waals surface area contributed by atoms with Crippen molar-refractivity contribution < 1.29 is 8.68 Å². The predicted octanol–water partition coefficient (Wildman–Crippen LogP) is 5.89. The molecule has 3 aromatic rings. The van der Waals surface area contributed by atoms with E-state index in [1.165, 1.54) is 16.7 Å². The average Bonchev–Trinajstić information content (AvgIpc) is 3.01. The third-order valence-corrected chi connectivity index (χ3v) is 5.36. The van der Waals surface area contributed by atoms with E-state index in [1.54, 1.807) is 12.1 Å². The van der Waals surface area contributed by atoms with Crippen molar-refractivity contribution in [3.8, 4) is 11.4 Å². The summed E-state index contributed by atoms with van der Waals surface area (Å²) < 4.78 is 27.5. The fraction of sp³-hybridized carbons (Fsp3) is 0.400. The lowest BCUT2D eigenvalue weighted by atomic mass is 9.88. The van der Waals surface area contributed by atoms with Crippen LogP contribution < -0.4 is 4.57 Å². The second kappa shape index (κ2) is 7.72. The van der Waals surface area contributed by atoms with Crippen molar-refractivity contribution in [1.29, 1.82) is 0 Å². The van der Waals surface area contributed by atoms with Crippen molar-refractivity contribution in [1.82, 2.24) is 4.57 Å². The number of rotatable bonds is 5. The minimum Gasteiger partial charge on any atom is -0.233 e. The Balaban J connectivity index is 2.12. The molecule has 0 unspecified atom stereocenters. The van der Waals surface area contributed by atoms with Gasteiger partial charge in [-0.05, 0) is 48.4 Å². The Morgan fingerprint density at radius 2 is 1.70 bits per heavy atom. The van der Waals surface area contributed by atoms with Gasteiger partial charge in [-0.3, -0.25) is 0 Å². The zero-order valence-corrected chi connectivity index (χ0v) is 17.4. The smallest absolute Gasteiger partial charge is 0.233 e. The maximum atomic E-state index is 7.70. The number of benzene rings is 2. The average molecular weight is 365 g/mol. The lowest BCUT2D eigenvalue weighted by molar-refractivity contribution is -0.659. The van der Waals surface area contributed by atoms with Gasteiger partial charge >= 0.3 is 0 Å². The molecule has 0 radical (unpaired) electrons. The Kier molecular flexibility index (Phi) is 4.48. The number of aryl methyl sites for hydroxylation is 3. The highest BCUT2D eigenvalue weighted by atomic mass is 15.1. The number of aromatic nitrogens is 2. The Labute approximate surface area is 168 Å². The van der Waals surface area contributed by atoms with E-state index in [-0.39, 0.29) is 0 Å². The fourth-order valence-corrected chi connectivity index (χ4v) is 3.97. The molecule has 3 rings (SSSR count). The highest BCUT2D eigenvalue weighted by Crippen LogP contribution is 2.30. The molecule has 1 heterocycles. The summed E-state index contributed by atoms with van der Waals surface area (Å²) in [4.78, 5) is 0. The molecule has 142 valence electrons. The maximum absolute atomic E-state index is 7.70. The standard InChI is InChI=1S/C25H33N2/c1-17(2)21-9-8-10-22(18(3)4)24(21)16-27-14-13-26(7)25(27)23-12-11-19(5)15-20(23)6/h8-15,17-18H,16H2,1-7H3/q+1/i5D3. The molecule has 0 aliphatic rings. The Morgan fingerprint density at radius 3 is 2.26 bits per heavy atom. The van der Waals surface area contributed by atoms with Crippen LogP contribution in [-0.4, -0.2) is 4.57 Å². The molecule has 0 aliphatic heterocycles. The van der Waals surface area contributed by atoms with Crippen molar-refractivity contribution in [2.75, 3.05) is 0 Å². The lowest BCUT2D eigenvalue weighted by Crippen LogP contribution is -2.29. The van der Waals surface area contributed by atoms with Crippen molar-refractivity contribution in [3.63, 3.8) is 0 Å². The molecular weight excluding hydrogens is 328 g/mol. The van der Waals surface area contributed by atoms with E-state index in [0.29, 0.717) is 17.4 Å². The summed E-state index contributed by atoms with van der Waals surface area (Å²) in [6.45, 7) is 9.68. The summed E-state index contributed by atoms with van der Waals surface area (Å²) in [5.41, 5.74) is 6.58. The first-order valence-corrected chi connectivity index (χ1v) is 9.78. The maximum Gasteiger partial charge on any atom is 0.289 e. The molecule has 1 aromatic heterocycles. The van der Waals surface area contributed by atoms with Crippen LogP contribution in [0.2, 0.25) is 0 Å². The Morgan fingerprint density at radius 1 is 1.04 bits per heavy atom. The molecule has 27 heavy (non-hydrogen) atoms. The SMILES string of the molecule is [2H]C([2H])([2H])c1ccc(-c2n(Cc3c(C(C)C)cccc3C(C)C)cc[n+]2C)c(C)c1. The van der Waals surface area contributed by atoms with Crippen LogP contribution in [0.15, 0.2) is 48.8 Å². The van der Waals surface area contributed by atoms with E-state index in [1.807, 2.05) is 20.0 Å². The van der Waals surface area contributed by atoms with Crippen LogP contribution in [0.1, 0.15) is 71.5 Å². The van der Waals surface area contributed by atoms with Gasteiger partial charge in [0.05, 0.1) is 12.6 Å². The normalized spacial score (nSPS) is 13.7. The van der Waals surface area contributed by atoms with Crippen molar-refractivity contribution in [3.05, 3.63) is 76.6 Å². The van der Waals surface area contributed by atoms with Crippen LogP contribution in [0.25, 0.3) is 11.4 Å². The second-order valence-electron chi connectivity index (χ2n) is 8.11. The highest BCUT2D eigenvalue weighted by Gasteiger charge is 2.22. The van der Waals surface area contributed by atoms with E-state index in [9.17, 15) is 0 Å². The lowest BCUT2D eigenvalue weighted by Gasteiger charge is -2.19. The molecular formula is C25H33N2+. The molecule has 2 aromatic carbocycles. The number of imidazole rings is 1. The van der Waals surface area contributed by atoms with Gasteiger partial charge in [-0.15, -0.1) is 0 Å². The van der Waals surface area contributed by atoms with Crippen molar-refractivity contribution in [2.45, 2.75) is 59.9 Å². The zero-order valence-electron chi connectivity index (χ0n) is 20.4. The van der Waals surface area contributed by atoms with Crippen LogP contribution in [-0.2, 0) is 13.6 Å². The van der Waals surface area contributed by atoms with E-state index in [2.05, 4.69) is 67.4 Å². The molecule has 0 aliphatic carbocycles. The first-order chi connectivity index (χ1) is 14.0. The Hall–Kier alpha value is -2.35. The van der Waals surface area contributed by atoms with E-state index in [4.69, 9.17) is 4.11 Å². The third kappa shape index (κ3) is 3.85. The van der Waals surface area contributed by atoms with Gasteiger partial charge in [-0.25, -0.2) is 9.13 Å². The molecule has 2 nitrogen and oxygen atoms in total. The second-order valence-corrected chi connectivity index (χ2v) is 8.11. The van der Waals surface area contributed by atoms with Gasteiger partial charge in [0.1, 0.15) is 18.9 Å². The molecule has 0 spiro atoms. The molecule has 2 heteroatoms. The van der Waals surface area contributed by atoms with Crippen molar-refractivity contribution >= 4 is 0 Å². The quantitative estimate of drug-likeness (QED) is 0.499. The summed E-state index contributed by atoms with van der Waals surface area (Å²) in [5, 5.41) is 0. The molecule has 0 atom stereocenters. The van der Waals surface area contributed by atoms with Gasteiger partial charge in [-0.1, -0.05) is 63.6 Å². The van der Waals surface area contributed by atoms with Crippen LogP contribution in [0.3, 0.4) is 0 Å². The van der Waals surface area contributed by atoms with Gasteiger partial charge in [0.15, 0.2) is 0 Å². The molecule has 0 amide bonds. The summed E-state index contributed by atoms with van der Waals surface area (Å²) in [6.07, 6.45) is 4.19. The molecule has 0 saturated heterocycles. The number of nitrogens with zero attached hydrogens (tertiary/aromatic N) is 2. The minimum atomic E-state index is -2.09. The molecule has 0 saturated carbocycles. The third-order valence-electron chi connectivity index (χ3n) is 5.36. The largest absolute Gasteiger partial charge is 0.289 e. The van der Waals surface area contributed by atoms with E-state index < -0.39 is 6.85 Å². The van der Waals surface area contributed by atoms with Crippen LogP contribution in [0.4, 0.5) is 0 Å². The summed E-state index contributed by atoms with van der Waals surface area (Å²) in [7, 11) is 2.04. The zero-order chi connectivity index (χ0) is 22.2. The summed E-state index contributed by atoms with van der Waals surface area (Å²) >= 11 is 0. The monoisotopic (exact) mass is 364 g/mol. The fourth-order valence-electron chi connectivity index (χ4n) is 3.97. The number of hydrogen-bond acceptors (Lipinski definition) is 0. The van der Waals surface area contributed by atoms with Gasteiger partial charge in [0, 0.05) is 9.68 Å². The van der Waals surface area contributed by atoms with Gasteiger partial charge in [-0.2, -0.15) is 0 Å². The van der Waals surface area contributed by atoms with Crippen LogP contribution in [0.5, 0.6) is 0 Å². The Bertz CT molecular complexity index is 1020. The van der Waals surface area contributed by atoms with E-state index in [0.717, 1.165) is 23.5 Å². The molecule has 0 bridgehead atoms. The summed E-state index contributed by atoms with van der Waals surface area (Å²) in [5.74, 6) is 1.98. The highest BCUT2D eigenvalue weighted by molar-refractivity contribution is 5.59. The van der Waals surface area contributed by atoms with E-state index >= 15 is 0 Å². The first-order valence-electron chi connectivity index (χ1n) is 11.3. The predicted molar refractivity (Wildman–Crippen MR) is 114 cm³/mol. The topological polar surface area (TPSA) is 8.81 Å². The van der Waals surface area contributed by atoms with Gasteiger partial charge in [0.25, 0.3) is 5.82 Å².